The average Bonchev–Trinajstić information content (AvgIpc) is 2.79. The molecular weight excluding hydrogens is 252 g/mol. The molecule has 1 unspecified atom stereocenters. The molecule has 1 amide bonds. The third-order valence-electron chi connectivity index (χ3n) is 4.00. The van der Waals surface area contributed by atoms with E-state index in [1.807, 2.05) is 32.0 Å². The van der Waals surface area contributed by atoms with Crippen molar-refractivity contribution >= 4 is 16.9 Å². The van der Waals surface area contributed by atoms with E-state index >= 15 is 0 Å². The Morgan fingerprint density at radius 2 is 2.25 bits per heavy atom. The van der Waals surface area contributed by atoms with E-state index in [1.54, 1.807) is 0 Å². The van der Waals surface area contributed by atoms with Gasteiger partial charge in [-0.1, -0.05) is 18.2 Å². The molecule has 0 bridgehead atoms. The van der Waals surface area contributed by atoms with Gasteiger partial charge in [0.2, 0.25) is 0 Å². The zero-order valence-corrected chi connectivity index (χ0v) is 12.0. The van der Waals surface area contributed by atoms with Crippen molar-refractivity contribution in [1.29, 1.82) is 0 Å². The van der Waals surface area contributed by atoms with E-state index < -0.39 is 0 Å². The van der Waals surface area contributed by atoms with E-state index in [4.69, 9.17) is 4.42 Å². The summed E-state index contributed by atoms with van der Waals surface area (Å²) in [5.41, 5.74) is 2.80. The second-order valence-corrected chi connectivity index (χ2v) is 5.52. The smallest absolute Gasteiger partial charge is 0.287 e. The summed E-state index contributed by atoms with van der Waals surface area (Å²) in [4.78, 5) is 12.4. The van der Waals surface area contributed by atoms with E-state index in [2.05, 4.69) is 10.6 Å². The number of nitrogens with one attached hydrogen (secondary N) is 2. The van der Waals surface area contributed by atoms with Crippen molar-refractivity contribution in [3.63, 3.8) is 0 Å². The van der Waals surface area contributed by atoms with E-state index in [9.17, 15) is 4.79 Å². The Kier molecular flexibility index (Phi) is 3.49. The van der Waals surface area contributed by atoms with Crippen LogP contribution >= 0.6 is 0 Å². The number of rotatable bonds is 2. The Bertz CT molecular complexity index is 639. The van der Waals surface area contributed by atoms with Gasteiger partial charge in [-0.3, -0.25) is 4.79 Å². The van der Waals surface area contributed by atoms with Crippen LogP contribution in [0.2, 0.25) is 0 Å². The van der Waals surface area contributed by atoms with Gasteiger partial charge in [0.15, 0.2) is 5.76 Å². The summed E-state index contributed by atoms with van der Waals surface area (Å²) in [5.74, 6) is 0.340. The number of amides is 1. The number of aryl methyl sites for hydroxylation is 2. The van der Waals surface area contributed by atoms with E-state index in [-0.39, 0.29) is 11.9 Å². The molecule has 0 aliphatic carbocycles. The van der Waals surface area contributed by atoms with Crippen LogP contribution in [0.1, 0.15) is 34.5 Å². The first-order valence-corrected chi connectivity index (χ1v) is 7.17. The van der Waals surface area contributed by atoms with E-state index in [1.165, 1.54) is 0 Å². The molecule has 2 N–H and O–H groups in total. The Hall–Kier alpha value is -1.81. The molecule has 2 aromatic rings. The van der Waals surface area contributed by atoms with Crippen LogP contribution in [0.3, 0.4) is 0 Å². The molecule has 106 valence electrons. The molecule has 4 heteroatoms. The van der Waals surface area contributed by atoms with Gasteiger partial charge >= 0.3 is 0 Å². The lowest BCUT2D eigenvalue weighted by Crippen LogP contribution is -2.45. The maximum absolute atomic E-state index is 12.4. The molecule has 1 aromatic carbocycles. The van der Waals surface area contributed by atoms with Crippen LogP contribution in [0.25, 0.3) is 11.0 Å². The molecule has 1 saturated heterocycles. The lowest BCUT2D eigenvalue weighted by Gasteiger charge is -2.23. The van der Waals surface area contributed by atoms with Gasteiger partial charge in [0.25, 0.3) is 5.91 Å². The predicted octanol–water partition coefficient (Wildman–Crippen LogP) is 2.53. The summed E-state index contributed by atoms with van der Waals surface area (Å²) in [6.45, 7) is 5.82. The van der Waals surface area contributed by atoms with E-state index in [0.29, 0.717) is 5.76 Å². The minimum Gasteiger partial charge on any atom is -0.450 e. The van der Waals surface area contributed by atoms with Crippen LogP contribution in [0.5, 0.6) is 0 Å². The molecule has 0 saturated carbocycles. The van der Waals surface area contributed by atoms with Gasteiger partial charge in [-0.05, 0) is 38.8 Å². The summed E-state index contributed by atoms with van der Waals surface area (Å²) < 4.78 is 5.80. The summed E-state index contributed by atoms with van der Waals surface area (Å²) >= 11 is 0. The van der Waals surface area contributed by atoms with Crippen LogP contribution in [0.4, 0.5) is 0 Å². The molecular formula is C16H20N2O2. The highest BCUT2D eigenvalue weighted by atomic mass is 16.3. The van der Waals surface area contributed by atoms with Gasteiger partial charge in [-0.15, -0.1) is 0 Å². The monoisotopic (exact) mass is 272 g/mol. The largest absolute Gasteiger partial charge is 0.450 e. The third-order valence-corrected chi connectivity index (χ3v) is 4.00. The molecule has 1 aliphatic heterocycles. The molecule has 2 heterocycles. The zero-order valence-electron chi connectivity index (χ0n) is 12.0. The van der Waals surface area contributed by atoms with Crippen molar-refractivity contribution in [2.24, 2.45) is 0 Å². The van der Waals surface area contributed by atoms with Crippen LogP contribution in [-0.4, -0.2) is 25.0 Å². The molecule has 1 fully saturated rings. The number of benzene rings is 1. The molecule has 20 heavy (non-hydrogen) atoms. The second kappa shape index (κ2) is 5.29. The van der Waals surface area contributed by atoms with Gasteiger partial charge in [0.1, 0.15) is 5.58 Å². The molecule has 4 nitrogen and oxygen atoms in total. The number of hydrogen-bond acceptors (Lipinski definition) is 3. The number of para-hydroxylation sites is 1. The quantitative estimate of drug-likeness (QED) is 0.883. The standard InChI is InChI=1S/C16H20N2O2/c1-10-5-3-7-13-11(2)15(20-14(10)13)16(19)18-12-6-4-8-17-9-12/h3,5,7,12,17H,4,6,8-9H2,1-2H3,(H,18,19). The van der Waals surface area contributed by atoms with Crippen molar-refractivity contribution in [3.05, 3.63) is 35.1 Å². The number of furan rings is 1. The maximum atomic E-state index is 12.4. The summed E-state index contributed by atoms with van der Waals surface area (Å²) in [7, 11) is 0. The topological polar surface area (TPSA) is 54.3 Å². The molecule has 0 radical (unpaired) electrons. The number of fused-ring (bicyclic) bond motifs is 1. The Labute approximate surface area is 118 Å². The fourth-order valence-corrected chi connectivity index (χ4v) is 2.83. The minimum absolute atomic E-state index is 0.105. The molecule has 0 spiro atoms. The van der Waals surface area contributed by atoms with Gasteiger partial charge in [0.05, 0.1) is 0 Å². The lowest BCUT2D eigenvalue weighted by atomic mass is 10.1. The summed E-state index contributed by atoms with van der Waals surface area (Å²) in [6, 6.07) is 6.19. The van der Waals surface area contributed by atoms with Gasteiger partial charge < -0.3 is 15.1 Å². The third kappa shape index (κ3) is 2.31. The number of hydrogen-bond donors (Lipinski definition) is 2. The van der Waals surface area contributed by atoms with Crippen LogP contribution < -0.4 is 10.6 Å². The number of carbonyl (C=O) groups is 1. The van der Waals surface area contributed by atoms with Crippen molar-refractivity contribution in [3.8, 4) is 0 Å². The zero-order chi connectivity index (χ0) is 14.1. The number of carbonyl (C=O) groups excluding carboxylic acids is 1. The Morgan fingerprint density at radius 1 is 1.40 bits per heavy atom. The van der Waals surface area contributed by atoms with Gasteiger partial charge in [-0.25, -0.2) is 0 Å². The molecule has 1 atom stereocenters. The first-order chi connectivity index (χ1) is 9.66. The normalized spacial score (nSPS) is 19.2. The van der Waals surface area contributed by atoms with E-state index in [0.717, 1.165) is 48.0 Å². The SMILES string of the molecule is Cc1c(C(=O)NC2CCCNC2)oc2c(C)cccc12. The average molecular weight is 272 g/mol. The van der Waals surface area contributed by atoms with Gasteiger partial charge in [0, 0.05) is 23.5 Å². The van der Waals surface area contributed by atoms with Crippen molar-refractivity contribution in [2.75, 3.05) is 13.1 Å². The highest BCUT2D eigenvalue weighted by Crippen LogP contribution is 2.27. The minimum atomic E-state index is -0.105. The van der Waals surface area contributed by atoms with Crippen LogP contribution in [0, 0.1) is 13.8 Å². The van der Waals surface area contributed by atoms with Crippen molar-refractivity contribution in [1.82, 2.24) is 10.6 Å². The summed E-state index contributed by atoms with van der Waals surface area (Å²) in [6.07, 6.45) is 2.13. The van der Waals surface area contributed by atoms with Crippen LogP contribution in [0.15, 0.2) is 22.6 Å². The van der Waals surface area contributed by atoms with Crippen LogP contribution in [-0.2, 0) is 0 Å². The number of piperidine rings is 1. The van der Waals surface area contributed by atoms with Crippen molar-refractivity contribution in [2.45, 2.75) is 32.7 Å². The lowest BCUT2D eigenvalue weighted by molar-refractivity contribution is 0.0904. The van der Waals surface area contributed by atoms with Gasteiger partial charge in [-0.2, -0.15) is 0 Å². The first kappa shape index (κ1) is 13.2. The highest BCUT2D eigenvalue weighted by molar-refractivity contribution is 5.99. The summed E-state index contributed by atoms with van der Waals surface area (Å²) in [5, 5.41) is 7.38. The first-order valence-electron chi connectivity index (χ1n) is 7.17. The molecule has 1 aromatic heterocycles. The fourth-order valence-electron chi connectivity index (χ4n) is 2.83. The predicted molar refractivity (Wildman–Crippen MR) is 79.0 cm³/mol. The van der Waals surface area contributed by atoms with Crippen molar-refractivity contribution < 1.29 is 9.21 Å². The second-order valence-electron chi connectivity index (χ2n) is 5.52. The fraction of sp³-hybridized carbons (Fsp3) is 0.438. The maximum Gasteiger partial charge on any atom is 0.287 e. The molecule has 3 rings (SSSR count). The Balaban J connectivity index is 1.87. The highest BCUT2D eigenvalue weighted by Gasteiger charge is 2.22. The Morgan fingerprint density at radius 3 is 2.95 bits per heavy atom. The molecule has 1 aliphatic rings.